The van der Waals surface area contributed by atoms with E-state index in [4.69, 9.17) is 0 Å². The van der Waals surface area contributed by atoms with E-state index >= 15 is 0 Å². The van der Waals surface area contributed by atoms with Crippen LogP contribution >= 0.6 is 35.0 Å². The Morgan fingerprint density at radius 2 is 2.29 bits per heavy atom. The van der Waals surface area contributed by atoms with Crippen molar-refractivity contribution < 1.29 is 9.72 Å². The Labute approximate surface area is 143 Å². The molecule has 116 valence electrons. The third kappa shape index (κ3) is 4.04. The van der Waals surface area contributed by atoms with Crippen LogP contribution < -0.4 is 5.32 Å². The van der Waals surface area contributed by atoms with Gasteiger partial charge in [-0.25, -0.2) is 0 Å². The van der Waals surface area contributed by atoms with Crippen molar-refractivity contribution in [2.24, 2.45) is 0 Å². The number of nitro benzene ring substituents is 1. The molecule has 2 rings (SSSR count). The smallest absolute Gasteiger partial charge is 0.270 e. The minimum Gasteiger partial charge on any atom is -0.334 e. The molecule has 0 aromatic heterocycles. The van der Waals surface area contributed by atoms with Crippen LogP contribution in [0.4, 0.5) is 5.69 Å². The van der Waals surface area contributed by atoms with Gasteiger partial charge in [0.25, 0.3) is 11.6 Å². The highest BCUT2D eigenvalue weighted by atomic mass is 127. The molecule has 0 bridgehead atoms. The quantitative estimate of drug-likeness (QED) is 0.457. The normalized spacial score (nSPS) is 17.4. The number of halogens is 2. The molecule has 21 heavy (non-hydrogen) atoms. The minimum absolute atomic E-state index is 0. The number of non-ortho nitro benzene ring substituents is 1. The average Bonchev–Trinajstić information content (AvgIpc) is 2.86. The number of rotatable bonds is 4. The number of likely N-dealkylation sites (N-methyl/N-ethyl adjacent to an activating group) is 1. The maximum absolute atomic E-state index is 12.6. The van der Waals surface area contributed by atoms with Crippen LogP contribution in [-0.4, -0.2) is 41.9 Å². The second kappa shape index (κ2) is 7.90. The van der Waals surface area contributed by atoms with E-state index in [0.717, 1.165) is 25.9 Å². The fourth-order valence-electron chi connectivity index (χ4n) is 2.50. The van der Waals surface area contributed by atoms with Gasteiger partial charge < -0.3 is 10.2 Å². The highest BCUT2D eigenvalue weighted by Gasteiger charge is 2.30. The molecule has 1 amide bonds. The summed E-state index contributed by atoms with van der Waals surface area (Å²) in [6.07, 6.45) is 2.00. The van der Waals surface area contributed by atoms with Gasteiger partial charge in [-0.2, -0.15) is 0 Å². The summed E-state index contributed by atoms with van der Waals surface area (Å²) in [4.78, 5) is 24.7. The van der Waals surface area contributed by atoms with Gasteiger partial charge in [0.05, 0.1) is 10.5 Å². The Bertz CT molecular complexity index is 541. The first-order valence-corrected chi connectivity index (χ1v) is 7.52. The number of hydrogen-bond donors (Lipinski definition) is 1. The van der Waals surface area contributed by atoms with Gasteiger partial charge in [-0.1, -0.05) is 0 Å². The van der Waals surface area contributed by atoms with E-state index in [1.54, 1.807) is 6.07 Å². The highest BCUT2D eigenvalue weighted by molar-refractivity contribution is 14.1. The van der Waals surface area contributed by atoms with Crippen LogP contribution in [0, 0.1) is 13.7 Å². The number of amides is 1. The Morgan fingerprint density at radius 3 is 2.86 bits per heavy atom. The highest BCUT2D eigenvalue weighted by Crippen LogP contribution is 2.24. The number of benzene rings is 1. The summed E-state index contributed by atoms with van der Waals surface area (Å²) in [7, 11) is 1.87. The van der Waals surface area contributed by atoms with Crippen LogP contribution in [0.15, 0.2) is 18.2 Å². The fraction of sp³-hybridized carbons (Fsp3) is 0.462. The van der Waals surface area contributed by atoms with E-state index in [1.165, 1.54) is 12.1 Å². The van der Waals surface area contributed by atoms with E-state index in [9.17, 15) is 14.9 Å². The lowest BCUT2D eigenvalue weighted by Crippen LogP contribution is -2.41. The minimum atomic E-state index is -0.448. The summed E-state index contributed by atoms with van der Waals surface area (Å²) in [5.74, 6) is -0.0398. The van der Waals surface area contributed by atoms with E-state index in [2.05, 4.69) is 5.32 Å². The van der Waals surface area contributed by atoms with Gasteiger partial charge in [-0.15, -0.1) is 12.4 Å². The number of nitrogens with zero attached hydrogens (tertiary/aromatic N) is 2. The number of likely N-dealkylation sites (tertiary alicyclic amines) is 1. The van der Waals surface area contributed by atoms with Crippen LogP contribution in [-0.2, 0) is 0 Å². The lowest BCUT2D eigenvalue weighted by molar-refractivity contribution is -0.384. The molecule has 0 radical (unpaired) electrons. The zero-order valence-electron chi connectivity index (χ0n) is 11.5. The van der Waals surface area contributed by atoms with Crippen LogP contribution in [0.1, 0.15) is 23.2 Å². The Morgan fingerprint density at radius 1 is 1.57 bits per heavy atom. The predicted octanol–water partition coefficient (Wildman–Crippen LogP) is 2.45. The average molecular weight is 426 g/mol. The van der Waals surface area contributed by atoms with Gasteiger partial charge in [-0.05, 0) is 48.5 Å². The first kappa shape index (κ1) is 18.1. The lowest BCUT2D eigenvalue weighted by atomic mass is 10.1. The molecule has 1 atom stereocenters. The molecule has 1 fully saturated rings. The Kier molecular flexibility index (Phi) is 6.82. The van der Waals surface area contributed by atoms with Crippen LogP contribution in [0.25, 0.3) is 0 Å². The molecule has 1 saturated heterocycles. The van der Waals surface area contributed by atoms with Gasteiger partial charge in [0.1, 0.15) is 0 Å². The van der Waals surface area contributed by atoms with E-state index < -0.39 is 4.92 Å². The predicted molar refractivity (Wildman–Crippen MR) is 91.0 cm³/mol. The molecule has 0 spiro atoms. The van der Waals surface area contributed by atoms with E-state index in [-0.39, 0.29) is 30.0 Å². The summed E-state index contributed by atoms with van der Waals surface area (Å²) in [6, 6.07) is 4.59. The van der Waals surface area contributed by atoms with Gasteiger partial charge in [0, 0.05) is 34.8 Å². The van der Waals surface area contributed by atoms with Crippen molar-refractivity contribution in [1.82, 2.24) is 10.2 Å². The second-order valence-corrected chi connectivity index (χ2v) is 5.94. The standard InChI is InChI=1S/C13H16IN3O3.ClH/c1-15-8-10-3-2-6-16(10)13(18)11-5-4-9(17(19)20)7-12(11)14;/h4-5,7,10,15H,2-3,6,8H2,1H3;1H. The molecule has 1 heterocycles. The first-order chi connectivity index (χ1) is 9.54. The van der Waals surface area contributed by atoms with Crippen molar-refractivity contribution in [3.05, 3.63) is 37.4 Å². The molecule has 1 aliphatic heterocycles. The van der Waals surface area contributed by atoms with E-state index in [1.807, 2.05) is 34.5 Å². The van der Waals surface area contributed by atoms with Crippen molar-refractivity contribution in [3.8, 4) is 0 Å². The fourth-order valence-corrected chi connectivity index (χ4v) is 3.23. The number of nitro groups is 1. The molecule has 8 heteroatoms. The monoisotopic (exact) mass is 425 g/mol. The topological polar surface area (TPSA) is 75.5 Å². The van der Waals surface area contributed by atoms with Crippen molar-refractivity contribution in [1.29, 1.82) is 0 Å². The summed E-state index contributed by atoms with van der Waals surface area (Å²) in [5.41, 5.74) is 0.554. The summed E-state index contributed by atoms with van der Waals surface area (Å²) < 4.78 is 0.622. The number of nitrogens with one attached hydrogen (secondary N) is 1. The summed E-state index contributed by atoms with van der Waals surface area (Å²) in [5, 5.41) is 13.8. The molecular weight excluding hydrogens is 409 g/mol. The molecule has 1 unspecified atom stereocenters. The van der Waals surface area contributed by atoms with Crippen LogP contribution in [0.2, 0.25) is 0 Å². The SMILES string of the molecule is CNCC1CCCN1C(=O)c1ccc([N+](=O)[O-])cc1I.Cl. The van der Waals surface area contributed by atoms with Crippen molar-refractivity contribution >= 4 is 46.6 Å². The molecular formula is C13H17ClIN3O3. The molecule has 1 aromatic carbocycles. The summed E-state index contributed by atoms with van der Waals surface area (Å²) in [6.45, 7) is 1.52. The lowest BCUT2D eigenvalue weighted by Gasteiger charge is -2.25. The van der Waals surface area contributed by atoms with Gasteiger partial charge in [0.15, 0.2) is 0 Å². The van der Waals surface area contributed by atoms with Gasteiger partial charge in [0.2, 0.25) is 0 Å². The van der Waals surface area contributed by atoms with Gasteiger partial charge in [-0.3, -0.25) is 14.9 Å². The zero-order valence-corrected chi connectivity index (χ0v) is 14.5. The third-order valence-electron chi connectivity index (χ3n) is 3.47. The zero-order chi connectivity index (χ0) is 14.7. The maximum Gasteiger partial charge on any atom is 0.270 e. The largest absolute Gasteiger partial charge is 0.334 e. The third-order valence-corrected chi connectivity index (χ3v) is 4.36. The summed E-state index contributed by atoms with van der Waals surface area (Å²) >= 11 is 1.98. The number of carbonyl (C=O) groups excluding carboxylic acids is 1. The van der Waals surface area contributed by atoms with Crippen molar-refractivity contribution in [2.75, 3.05) is 20.1 Å². The molecule has 0 saturated carbocycles. The Balaban J connectivity index is 0.00000220. The molecule has 1 aromatic rings. The molecule has 6 nitrogen and oxygen atoms in total. The molecule has 1 N–H and O–H groups in total. The van der Waals surface area contributed by atoms with Crippen LogP contribution in [0.5, 0.6) is 0 Å². The number of hydrogen-bond acceptors (Lipinski definition) is 4. The van der Waals surface area contributed by atoms with Gasteiger partial charge >= 0.3 is 0 Å². The van der Waals surface area contributed by atoms with E-state index in [0.29, 0.717) is 9.13 Å². The van der Waals surface area contributed by atoms with Crippen molar-refractivity contribution in [3.63, 3.8) is 0 Å². The second-order valence-electron chi connectivity index (χ2n) is 4.77. The molecule has 0 aliphatic carbocycles. The van der Waals surface area contributed by atoms with Crippen LogP contribution in [0.3, 0.4) is 0 Å². The van der Waals surface area contributed by atoms with Crippen molar-refractivity contribution in [2.45, 2.75) is 18.9 Å². The number of carbonyl (C=O) groups is 1. The molecule has 1 aliphatic rings. The maximum atomic E-state index is 12.6. The first-order valence-electron chi connectivity index (χ1n) is 6.44. The Hall–Kier alpha value is -0.930.